The van der Waals surface area contributed by atoms with Gasteiger partial charge in [-0.1, -0.05) is 0 Å². The van der Waals surface area contributed by atoms with E-state index >= 15 is 0 Å². The minimum absolute atomic E-state index is 0.0440. The minimum Gasteiger partial charge on any atom is -0.393 e. The fraction of sp³-hybridized carbons (Fsp3) is 0.542. The van der Waals surface area contributed by atoms with Gasteiger partial charge in [0.05, 0.1) is 28.7 Å². The second kappa shape index (κ2) is 7.79. The first kappa shape index (κ1) is 20.2. The van der Waals surface area contributed by atoms with Crippen molar-refractivity contribution in [3.8, 4) is 0 Å². The number of carbonyl (C=O) groups is 1. The molecule has 1 saturated heterocycles. The summed E-state index contributed by atoms with van der Waals surface area (Å²) in [6, 6.07) is 3.86. The average molecular weight is 423 g/mol. The Labute approximate surface area is 181 Å². The zero-order chi connectivity index (χ0) is 21.7. The van der Waals surface area contributed by atoms with Crippen LogP contribution in [-0.2, 0) is 6.54 Å². The molecule has 7 nitrogen and oxygen atoms in total. The van der Waals surface area contributed by atoms with Gasteiger partial charge in [-0.15, -0.1) is 0 Å². The number of carbonyl (C=O) groups excluding carboxylic acids is 1. The molecule has 1 aliphatic carbocycles. The third-order valence-electron chi connectivity index (χ3n) is 6.89. The lowest BCUT2D eigenvalue weighted by Gasteiger charge is -2.33. The molecule has 1 aromatic carbocycles. The largest absolute Gasteiger partial charge is 0.393 e. The highest BCUT2D eigenvalue weighted by molar-refractivity contribution is 6.07. The van der Waals surface area contributed by atoms with E-state index in [2.05, 4.69) is 10.1 Å². The van der Waals surface area contributed by atoms with Crippen LogP contribution in [0.25, 0.3) is 21.8 Å². The zero-order valence-electron chi connectivity index (χ0n) is 18.2. The van der Waals surface area contributed by atoms with Crippen molar-refractivity contribution in [1.29, 1.82) is 0 Å². The van der Waals surface area contributed by atoms with Crippen LogP contribution in [0.5, 0.6) is 0 Å². The molecular weight excluding hydrogens is 392 g/mol. The summed E-state index contributed by atoms with van der Waals surface area (Å²) in [5.41, 5.74) is 3.00. The van der Waals surface area contributed by atoms with Crippen molar-refractivity contribution in [1.82, 2.24) is 19.7 Å². The van der Waals surface area contributed by atoms with Crippen molar-refractivity contribution < 1.29 is 9.90 Å². The summed E-state index contributed by atoms with van der Waals surface area (Å²) in [7, 11) is 0. The van der Waals surface area contributed by atoms with E-state index in [1.807, 2.05) is 35.6 Å². The van der Waals surface area contributed by atoms with E-state index < -0.39 is 0 Å². The van der Waals surface area contributed by atoms with Gasteiger partial charge in [0, 0.05) is 30.6 Å². The molecule has 2 fully saturated rings. The summed E-state index contributed by atoms with van der Waals surface area (Å²) >= 11 is 0. The third-order valence-corrected chi connectivity index (χ3v) is 6.89. The Kier molecular flexibility index (Phi) is 5.08. The normalized spacial score (nSPS) is 18.7. The van der Waals surface area contributed by atoms with Gasteiger partial charge in [0.1, 0.15) is 0 Å². The predicted molar refractivity (Wildman–Crippen MR) is 120 cm³/mol. The zero-order valence-corrected chi connectivity index (χ0v) is 18.2. The molecule has 7 heteroatoms. The summed E-state index contributed by atoms with van der Waals surface area (Å²) in [5, 5.41) is 15.6. The maximum Gasteiger partial charge on any atom is 0.259 e. The van der Waals surface area contributed by atoms with E-state index in [0.717, 1.165) is 47.8 Å². The van der Waals surface area contributed by atoms with Gasteiger partial charge in [-0.25, -0.2) is 0 Å². The number of nitrogens with zero attached hydrogens (tertiary/aromatic N) is 3. The second-order valence-corrected chi connectivity index (χ2v) is 9.52. The molecule has 1 amide bonds. The number of H-pyrrole nitrogens is 1. The summed E-state index contributed by atoms with van der Waals surface area (Å²) in [6.07, 6.45) is 6.41. The lowest BCUT2D eigenvalue weighted by Crippen LogP contribution is -2.39. The van der Waals surface area contributed by atoms with Crippen LogP contribution >= 0.6 is 0 Å². The van der Waals surface area contributed by atoms with Crippen molar-refractivity contribution in [2.45, 2.75) is 58.6 Å². The van der Waals surface area contributed by atoms with E-state index in [0.29, 0.717) is 35.9 Å². The molecule has 1 atom stereocenters. The van der Waals surface area contributed by atoms with Gasteiger partial charge in [-0.3, -0.25) is 14.3 Å². The standard InChI is InChI=1S/C24H30N4O3/c1-14-9-21-19(22-20(23(30)26-21)12-25-28(22)13-17-3-4-17)11-18(14)24(31)27-7-5-16(6-8-27)10-15(2)29/h9,11-12,15-17,29H,3-8,10,13H2,1-2H3,(H,26,30). The summed E-state index contributed by atoms with van der Waals surface area (Å²) in [6.45, 7) is 6.00. The molecule has 1 saturated carbocycles. The van der Waals surface area contributed by atoms with Crippen LogP contribution in [0.1, 0.15) is 54.9 Å². The molecule has 0 bridgehead atoms. The maximum atomic E-state index is 13.4. The number of pyridine rings is 1. The highest BCUT2D eigenvalue weighted by Gasteiger charge is 2.27. The topological polar surface area (TPSA) is 91.2 Å². The molecule has 0 radical (unpaired) electrons. The van der Waals surface area contributed by atoms with Crippen molar-refractivity contribution in [3.05, 3.63) is 39.8 Å². The first-order chi connectivity index (χ1) is 14.9. The van der Waals surface area contributed by atoms with Gasteiger partial charge in [-0.05, 0) is 75.5 Å². The van der Waals surface area contributed by atoms with Gasteiger partial charge in [0.25, 0.3) is 11.5 Å². The fourth-order valence-electron chi connectivity index (χ4n) is 4.97. The SMILES string of the molecule is Cc1cc2[nH]c(=O)c3cnn(CC4CC4)c3c2cc1C(=O)N1CCC(CC(C)O)CC1. The van der Waals surface area contributed by atoms with Crippen LogP contribution < -0.4 is 5.56 Å². The van der Waals surface area contributed by atoms with Crippen molar-refractivity contribution >= 4 is 27.7 Å². The Hall–Kier alpha value is -2.67. The molecular formula is C24H30N4O3. The molecule has 5 rings (SSSR count). The van der Waals surface area contributed by atoms with E-state index in [1.54, 1.807) is 6.20 Å². The molecule has 3 aromatic rings. The lowest BCUT2D eigenvalue weighted by atomic mass is 9.91. The number of likely N-dealkylation sites (tertiary alicyclic amines) is 1. The van der Waals surface area contributed by atoms with Crippen LogP contribution in [0.2, 0.25) is 0 Å². The molecule has 1 unspecified atom stereocenters. The highest BCUT2D eigenvalue weighted by atomic mass is 16.3. The molecule has 31 heavy (non-hydrogen) atoms. The molecule has 164 valence electrons. The van der Waals surface area contributed by atoms with Crippen molar-refractivity contribution in [2.24, 2.45) is 11.8 Å². The Balaban J connectivity index is 1.50. The number of amides is 1. The average Bonchev–Trinajstić information content (AvgIpc) is 3.44. The van der Waals surface area contributed by atoms with Gasteiger partial charge >= 0.3 is 0 Å². The van der Waals surface area contributed by atoms with Gasteiger partial charge in [0.2, 0.25) is 0 Å². The Morgan fingerprint density at radius 2 is 1.94 bits per heavy atom. The second-order valence-electron chi connectivity index (χ2n) is 9.52. The van der Waals surface area contributed by atoms with Crippen LogP contribution in [0.4, 0.5) is 0 Å². The van der Waals surface area contributed by atoms with E-state index in [1.165, 1.54) is 12.8 Å². The van der Waals surface area contributed by atoms with Gasteiger partial charge < -0.3 is 15.0 Å². The lowest BCUT2D eigenvalue weighted by molar-refractivity contribution is 0.0654. The summed E-state index contributed by atoms with van der Waals surface area (Å²) < 4.78 is 1.94. The number of piperidine rings is 1. The number of fused-ring (bicyclic) bond motifs is 3. The quantitative estimate of drug-likeness (QED) is 0.660. The molecule has 0 spiro atoms. The number of nitrogens with one attached hydrogen (secondary N) is 1. The summed E-state index contributed by atoms with van der Waals surface area (Å²) in [4.78, 5) is 30.9. The number of aliphatic hydroxyl groups excluding tert-OH is 1. The van der Waals surface area contributed by atoms with Crippen LogP contribution in [0, 0.1) is 18.8 Å². The maximum absolute atomic E-state index is 13.4. The van der Waals surface area contributed by atoms with E-state index in [4.69, 9.17) is 0 Å². The first-order valence-corrected chi connectivity index (χ1v) is 11.4. The number of benzene rings is 1. The fourth-order valence-corrected chi connectivity index (χ4v) is 4.97. The number of aromatic nitrogens is 3. The van der Waals surface area contributed by atoms with Crippen LogP contribution in [0.3, 0.4) is 0 Å². The van der Waals surface area contributed by atoms with E-state index in [9.17, 15) is 14.7 Å². The van der Waals surface area contributed by atoms with Crippen LogP contribution in [-0.4, -0.2) is 49.9 Å². The van der Waals surface area contributed by atoms with E-state index in [-0.39, 0.29) is 17.6 Å². The van der Waals surface area contributed by atoms with Gasteiger partial charge in [0.15, 0.2) is 0 Å². The van der Waals surface area contributed by atoms with Crippen molar-refractivity contribution in [3.63, 3.8) is 0 Å². The Bertz CT molecular complexity index is 1200. The van der Waals surface area contributed by atoms with Gasteiger partial charge in [-0.2, -0.15) is 5.10 Å². The molecule has 3 heterocycles. The molecule has 2 aromatic heterocycles. The summed E-state index contributed by atoms with van der Waals surface area (Å²) in [5.74, 6) is 1.15. The first-order valence-electron chi connectivity index (χ1n) is 11.4. The third kappa shape index (κ3) is 3.87. The number of hydrogen-bond acceptors (Lipinski definition) is 4. The molecule has 2 aliphatic rings. The smallest absolute Gasteiger partial charge is 0.259 e. The predicted octanol–water partition coefficient (Wildman–Crippen LogP) is 3.22. The minimum atomic E-state index is -0.292. The number of aryl methyl sites for hydroxylation is 1. The number of rotatable bonds is 5. The molecule has 2 N–H and O–H groups in total. The highest BCUT2D eigenvalue weighted by Crippen LogP contribution is 2.33. The number of aliphatic hydroxyl groups is 1. The monoisotopic (exact) mass is 422 g/mol. The Morgan fingerprint density at radius 1 is 1.19 bits per heavy atom. The molecule has 1 aliphatic heterocycles. The van der Waals surface area contributed by atoms with Crippen molar-refractivity contribution in [2.75, 3.05) is 13.1 Å². The van der Waals surface area contributed by atoms with Crippen LogP contribution in [0.15, 0.2) is 23.1 Å². The Morgan fingerprint density at radius 3 is 2.61 bits per heavy atom. The number of aromatic amines is 1. The number of hydrogen-bond donors (Lipinski definition) is 2.